The van der Waals surface area contributed by atoms with Crippen LogP contribution in [0.5, 0.6) is 0 Å². The van der Waals surface area contributed by atoms with E-state index < -0.39 is 0 Å². The van der Waals surface area contributed by atoms with Gasteiger partial charge in [0.25, 0.3) is 0 Å². The Kier molecular flexibility index (Phi) is 4.99. The molecule has 0 spiro atoms. The van der Waals surface area contributed by atoms with E-state index >= 15 is 0 Å². The summed E-state index contributed by atoms with van der Waals surface area (Å²) in [5.41, 5.74) is 8.13. The number of nitriles is 1. The van der Waals surface area contributed by atoms with Gasteiger partial charge < -0.3 is 5.73 Å². The van der Waals surface area contributed by atoms with Crippen LogP contribution < -0.4 is 5.73 Å². The minimum absolute atomic E-state index is 0.0628. The van der Waals surface area contributed by atoms with E-state index in [9.17, 15) is 4.79 Å². The van der Waals surface area contributed by atoms with Crippen LogP contribution in [0.2, 0.25) is 0 Å². The highest BCUT2D eigenvalue weighted by Gasteiger charge is 2.12. The van der Waals surface area contributed by atoms with Gasteiger partial charge in [0.2, 0.25) is 0 Å². The molecule has 0 atom stereocenters. The Morgan fingerprint density at radius 2 is 2.11 bits per heavy atom. The highest BCUT2D eigenvalue weighted by molar-refractivity contribution is 8.00. The first-order valence-electron chi connectivity index (χ1n) is 5.55. The molecular weight excluding hydrogens is 244 g/mol. The van der Waals surface area contributed by atoms with Crippen molar-refractivity contribution in [3.05, 3.63) is 40.6 Å². The zero-order valence-electron chi connectivity index (χ0n) is 10.8. The highest BCUT2D eigenvalue weighted by Crippen LogP contribution is 2.24. The van der Waals surface area contributed by atoms with Gasteiger partial charge in [-0.25, -0.2) is 0 Å². The van der Waals surface area contributed by atoms with Crippen LogP contribution in [-0.2, 0) is 4.79 Å². The first-order chi connectivity index (χ1) is 8.45. The number of aryl methyl sites for hydroxylation is 2. The summed E-state index contributed by atoms with van der Waals surface area (Å²) in [4.78, 5) is 12.9. The lowest BCUT2D eigenvalue weighted by atomic mass is 10.2. The molecule has 2 N–H and O–H groups in total. The van der Waals surface area contributed by atoms with E-state index in [1.807, 2.05) is 38.1 Å². The molecule has 0 aliphatic heterocycles. The number of ketones is 1. The van der Waals surface area contributed by atoms with Crippen molar-refractivity contribution in [3.8, 4) is 6.07 Å². The average Bonchev–Trinajstić information content (AvgIpc) is 2.30. The van der Waals surface area contributed by atoms with E-state index in [4.69, 9.17) is 11.0 Å². The van der Waals surface area contributed by atoms with E-state index in [2.05, 4.69) is 0 Å². The quantitative estimate of drug-likeness (QED) is 0.513. The summed E-state index contributed by atoms with van der Waals surface area (Å²) in [5, 5.41) is 8.84. The largest absolute Gasteiger partial charge is 0.401 e. The molecule has 94 valence electrons. The molecule has 3 nitrogen and oxygen atoms in total. The predicted octanol–water partition coefficient (Wildman–Crippen LogP) is 2.72. The van der Waals surface area contributed by atoms with E-state index in [1.54, 1.807) is 6.92 Å². The van der Waals surface area contributed by atoms with E-state index in [-0.39, 0.29) is 22.8 Å². The number of rotatable bonds is 4. The lowest BCUT2D eigenvalue weighted by molar-refractivity contribution is -0.112. The van der Waals surface area contributed by atoms with Crippen LogP contribution in [0.15, 0.2) is 34.4 Å². The van der Waals surface area contributed by atoms with Gasteiger partial charge in [-0.15, -0.1) is 11.8 Å². The molecule has 0 aliphatic carbocycles. The number of allylic oxidation sites excluding steroid dienone is 2. The van der Waals surface area contributed by atoms with Crippen molar-refractivity contribution in [1.29, 1.82) is 5.26 Å². The van der Waals surface area contributed by atoms with Crippen molar-refractivity contribution in [2.75, 3.05) is 5.75 Å². The fraction of sp³-hybridized carbons (Fsp3) is 0.286. The van der Waals surface area contributed by atoms with Crippen LogP contribution in [0.4, 0.5) is 0 Å². The van der Waals surface area contributed by atoms with Crippen molar-refractivity contribution in [2.45, 2.75) is 25.7 Å². The van der Waals surface area contributed by atoms with Crippen molar-refractivity contribution in [3.63, 3.8) is 0 Å². The standard InChI is InChI=1S/C14H16N2OS/c1-9-4-5-10(2)14(6-9)18-8-13(17)12(7-15)11(3)16/h4-6H,8,16H2,1-3H3. The Morgan fingerprint density at radius 1 is 1.44 bits per heavy atom. The SMILES string of the molecule is CC(N)=C(C#N)C(=O)CSc1cc(C)ccc1C. The van der Waals surface area contributed by atoms with E-state index in [1.165, 1.54) is 11.8 Å². The Labute approximate surface area is 112 Å². The summed E-state index contributed by atoms with van der Waals surface area (Å²) in [5.74, 6) is 0.0188. The van der Waals surface area contributed by atoms with Crippen LogP contribution in [-0.4, -0.2) is 11.5 Å². The fourth-order valence-electron chi connectivity index (χ4n) is 1.45. The summed E-state index contributed by atoms with van der Waals surface area (Å²) >= 11 is 1.44. The normalized spacial score (nSPS) is 11.7. The topological polar surface area (TPSA) is 66.9 Å². The summed E-state index contributed by atoms with van der Waals surface area (Å²) in [6.45, 7) is 5.58. The fourth-order valence-corrected chi connectivity index (χ4v) is 2.44. The number of carbonyl (C=O) groups excluding carboxylic acids is 1. The molecule has 0 aromatic heterocycles. The molecule has 0 unspecified atom stereocenters. The lowest BCUT2D eigenvalue weighted by Gasteiger charge is -2.06. The number of hydrogen-bond donors (Lipinski definition) is 1. The number of benzene rings is 1. The number of nitrogens with zero attached hydrogens (tertiary/aromatic N) is 1. The van der Waals surface area contributed by atoms with Crippen molar-refractivity contribution in [1.82, 2.24) is 0 Å². The summed E-state index contributed by atoms with van der Waals surface area (Å²) in [7, 11) is 0. The smallest absolute Gasteiger partial charge is 0.185 e. The Balaban J connectivity index is 2.78. The third-order valence-corrected chi connectivity index (χ3v) is 3.64. The second-order valence-corrected chi connectivity index (χ2v) is 5.17. The highest BCUT2D eigenvalue weighted by atomic mass is 32.2. The van der Waals surface area contributed by atoms with Crippen molar-refractivity contribution in [2.24, 2.45) is 5.73 Å². The molecule has 0 amide bonds. The molecule has 18 heavy (non-hydrogen) atoms. The maximum absolute atomic E-state index is 11.8. The summed E-state index contributed by atoms with van der Waals surface area (Å²) in [6, 6.07) is 7.95. The second-order valence-electron chi connectivity index (χ2n) is 4.15. The molecule has 1 aromatic carbocycles. The Bertz CT molecular complexity index is 537. The number of hydrogen-bond acceptors (Lipinski definition) is 4. The predicted molar refractivity (Wildman–Crippen MR) is 74.1 cm³/mol. The van der Waals surface area contributed by atoms with Gasteiger partial charge in [0, 0.05) is 10.6 Å². The molecule has 1 rings (SSSR count). The third-order valence-electron chi connectivity index (χ3n) is 2.49. The van der Waals surface area contributed by atoms with E-state index in [0.29, 0.717) is 0 Å². The van der Waals surface area contributed by atoms with Crippen LogP contribution in [0, 0.1) is 25.2 Å². The van der Waals surface area contributed by atoms with Crippen molar-refractivity contribution < 1.29 is 4.79 Å². The number of nitrogens with two attached hydrogens (primary N) is 1. The summed E-state index contributed by atoms with van der Waals surface area (Å²) < 4.78 is 0. The molecular formula is C14H16N2OS. The molecule has 0 heterocycles. The van der Waals surface area contributed by atoms with Crippen LogP contribution in [0.3, 0.4) is 0 Å². The monoisotopic (exact) mass is 260 g/mol. The minimum atomic E-state index is -0.219. The minimum Gasteiger partial charge on any atom is -0.401 e. The number of thioether (sulfide) groups is 1. The van der Waals surface area contributed by atoms with Gasteiger partial charge in [0.1, 0.15) is 11.6 Å². The maximum Gasteiger partial charge on any atom is 0.185 e. The van der Waals surface area contributed by atoms with Crippen LogP contribution in [0.25, 0.3) is 0 Å². The molecule has 1 aromatic rings. The molecule has 0 saturated heterocycles. The van der Waals surface area contributed by atoms with E-state index in [0.717, 1.165) is 16.0 Å². The Hall–Kier alpha value is -1.73. The molecule has 4 heteroatoms. The third kappa shape index (κ3) is 3.64. The van der Waals surface area contributed by atoms with Gasteiger partial charge >= 0.3 is 0 Å². The number of Topliss-reactive ketones (excluding diaryl/α,β-unsaturated/α-hetero) is 1. The van der Waals surface area contributed by atoms with Gasteiger partial charge in [-0.3, -0.25) is 4.79 Å². The second kappa shape index (κ2) is 6.27. The molecule has 0 aliphatic rings. The zero-order chi connectivity index (χ0) is 13.7. The zero-order valence-corrected chi connectivity index (χ0v) is 11.6. The van der Waals surface area contributed by atoms with Crippen LogP contribution in [0.1, 0.15) is 18.1 Å². The average molecular weight is 260 g/mol. The van der Waals surface area contributed by atoms with Gasteiger partial charge in [0.15, 0.2) is 5.78 Å². The van der Waals surface area contributed by atoms with Gasteiger partial charge in [-0.1, -0.05) is 17.7 Å². The van der Waals surface area contributed by atoms with Crippen LogP contribution >= 0.6 is 11.8 Å². The maximum atomic E-state index is 11.8. The molecule has 0 radical (unpaired) electrons. The van der Waals surface area contributed by atoms with Gasteiger partial charge in [-0.2, -0.15) is 5.26 Å². The first kappa shape index (κ1) is 14.3. The van der Waals surface area contributed by atoms with Gasteiger partial charge in [-0.05, 0) is 32.4 Å². The first-order valence-corrected chi connectivity index (χ1v) is 6.54. The Morgan fingerprint density at radius 3 is 2.67 bits per heavy atom. The van der Waals surface area contributed by atoms with Crippen molar-refractivity contribution >= 4 is 17.5 Å². The summed E-state index contributed by atoms with van der Waals surface area (Å²) in [6.07, 6.45) is 0. The molecule has 0 bridgehead atoms. The molecule has 0 fully saturated rings. The number of carbonyl (C=O) groups is 1. The molecule has 0 saturated carbocycles. The lowest BCUT2D eigenvalue weighted by Crippen LogP contribution is -2.10. The van der Waals surface area contributed by atoms with Gasteiger partial charge in [0.05, 0.1) is 5.75 Å².